The first-order chi connectivity index (χ1) is 6.56. The monoisotopic (exact) mass is 199 g/mol. The Labute approximate surface area is 83.8 Å². The van der Waals surface area contributed by atoms with Gasteiger partial charge in [0.15, 0.2) is 0 Å². The molecule has 0 radical (unpaired) electrons. The molecule has 5 heteroatoms. The van der Waals surface area contributed by atoms with Gasteiger partial charge in [-0.3, -0.25) is 9.69 Å². The van der Waals surface area contributed by atoms with E-state index < -0.39 is 0 Å². The Morgan fingerprint density at radius 1 is 1.57 bits per heavy atom. The Morgan fingerprint density at radius 3 is 2.64 bits per heavy atom. The van der Waals surface area contributed by atoms with Crippen LogP contribution in [0.3, 0.4) is 0 Å². The maximum Gasteiger partial charge on any atom is 0.324 e. The van der Waals surface area contributed by atoms with Crippen LogP contribution in [0.2, 0.25) is 0 Å². The lowest BCUT2D eigenvalue weighted by molar-refractivity contribution is -0.127. The molecule has 0 aromatic rings. The van der Waals surface area contributed by atoms with E-state index in [2.05, 4.69) is 10.6 Å². The highest BCUT2D eigenvalue weighted by Crippen LogP contribution is 2.08. The van der Waals surface area contributed by atoms with Crippen molar-refractivity contribution in [1.29, 1.82) is 0 Å². The molecule has 1 fully saturated rings. The summed E-state index contributed by atoms with van der Waals surface area (Å²) in [6.07, 6.45) is 0. The van der Waals surface area contributed by atoms with Gasteiger partial charge in [0.05, 0.1) is 0 Å². The molecule has 80 valence electrons. The number of nitrogens with zero attached hydrogens (tertiary/aromatic N) is 1. The fourth-order valence-electron chi connectivity index (χ4n) is 1.56. The zero-order valence-electron chi connectivity index (χ0n) is 8.83. The highest BCUT2D eigenvalue weighted by Gasteiger charge is 2.35. The van der Waals surface area contributed by atoms with E-state index in [0.717, 1.165) is 6.54 Å². The summed E-state index contributed by atoms with van der Waals surface area (Å²) >= 11 is 0. The van der Waals surface area contributed by atoms with Crippen molar-refractivity contribution >= 4 is 11.9 Å². The average Bonchev–Trinajstić information content (AvgIpc) is 2.33. The van der Waals surface area contributed by atoms with Crippen molar-refractivity contribution < 1.29 is 9.59 Å². The van der Waals surface area contributed by atoms with E-state index in [1.54, 1.807) is 6.92 Å². The van der Waals surface area contributed by atoms with Gasteiger partial charge < -0.3 is 10.6 Å². The van der Waals surface area contributed by atoms with E-state index >= 15 is 0 Å². The van der Waals surface area contributed by atoms with Gasteiger partial charge in [0, 0.05) is 6.54 Å². The number of carbonyl (C=O) groups is 2. The number of imide groups is 1. The summed E-state index contributed by atoms with van der Waals surface area (Å²) < 4.78 is 0. The Kier molecular flexibility index (Phi) is 3.46. The molecule has 0 aromatic carbocycles. The van der Waals surface area contributed by atoms with Gasteiger partial charge in [0.25, 0.3) is 5.91 Å². The molecule has 2 atom stereocenters. The topological polar surface area (TPSA) is 61.4 Å². The summed E-state index contributed by atoms with van der Waals surface area (Å²) in [4.78, 5) is 24.1. The number of carbonyl (C=O) groups excluding carboxylic acids is 2. The molecule has 1 aliphatic rings. The molecule has 1 saturated heterocycles. The Bertz CT molecular complexity index is 242. The fraction of sp³-hybridized carbons (Fsp3) is 0.778. The SMILES string of the molecule is CNCC(C)CN1C(=O)NC(C)C1=O. The van der Waals surface area contributed by atoms with Crippen molar-refractivity contribution in [3.8, 4) is 0 Å². The lowest BCUT2D eigenvalue weighted by Gasteiger charge is -2.17. The van der Waals surface area contributed by atoms with Gasteiger partial charge in [0.2, 0.25) is 0 Å². The van der Waals surface area contributed by atoms with Crippen LogP contribution >= 0.6 is 0 Å². The molecule has 14 heavy (non-hydrogen) atoms. The summed E-state index contributed by atoms with van der Waals surface area (Å²) in [7, 11) is 1.85. The van der Waals surface area contributed by atoms with Crippen molar-refractivity contribution in [2.45, 2.75) is 19.9 Å². The van der Waals surface area contributed by atoms with E-state index in [9.17, 15) is 9.59 Å². The summed E-state index contributed by atoms with van der Waals surface area (Å²) in [6, 6.07) is -0.644. The molecule has 0 saturated carbocycles. The molecule has 2 unspecified atom stereocenters. The van der Waals surface area contributed by atoms with Gasteiger partial charge in [-0.25, -0.2) is 4.79 Å². The first-order valence-corrected chi connectivity index (χ1v) is 4.82. The number of rotatable bonds is 4. The van der Waals surface area contributed by atoms with Gasteiger partial charge in [-0.05, 0) is 26.4 Å². The highest BCUT2D eigenvalue weighted by atomic mass is 16.2. The van der Waals surface area contributed by atoms with Crippen LogP contribution in [-0.4, -0.2) is 43.0 Å². The smallest absolute Gasteiger partial charge is 0.324 e. The fourth-order valence-corrected chi connectivity index (χ4v) is 1.56. The largest absolute Gasteiger partial charge is 0.326 e. The van der Waals surface area contributed by atoms with Crippen LogP contribution in [0.25, 0.3) is 0 Å². The Morgan fingerprint density at radius 2 is 2.21 bits per heavy atom. The normalized spacial score (nSPS) is 23.9. The van der Waals surface area contributed by atoms with Gasteiger partial charge in [-0.1, -0.05) is 6.92 Å². The molecular formula is C9H17N3O2. The minimum absolute atomic E-state index is 0.127. The minimum Gasteiger partial charge on any atom is -0.326 e. The second-order valence-corrected chi connectivity index (χ2v) is 3.78. The van der Waals surface area contributed by atoms with E-state index in [0.29, 0.717) is 6.54 Å². The van der Waals surface area contributed by atoms with Crippen molar-refractivity contribution in [2.24, 2.45) is 5.92 Å². The first-order valence-electron chi connectivity index (χ1n) is 4.82. The van der Waals surface area contributed by atoms with Crippen molar-refractivity contribution in [1.82, 2.24) is 15.5 Å². The van der Waals surface area contributed by atoms with Crippen LogP contribution in [0.15, 0.2) is 0 Å². The second kappa shape index (κ2) is 4.41. The zero-order chi connectivity index (χ0) is 10.7. The Balaban J connectivity index is 2.51. The average molecular weight is 199 g/mol. The molecule has 1 rings (SSSR count). The minimum atomic E-state index is -0.371. The van der Waals surface area contributed by atoms with Gasteiger partial charge in [-0.2, -0.15) is 0 Å². The molecule has 5 nitrogen and oxygen atoms in total. The van der Waals surface area contributed by atoms with Crippen LogP contribution < -0.4 is 10.6 Å². The standard InChI is InChI=1S/C9H17N3O2/c1-6(4-10-3)5-12-8(13)7(2)11-9(12)14/h6-7,10H,4-5H2,1-3H3,(H,11,14). The quantitative estimate of drug-likeness (QED) is 0.615. The van der Waals surface area contributed by atoms with E-state index in [4.69, 9.17) is 0 Å². The van der Waals surface area contributed by atoms with Gasteiger partial charge in [0.1, 0.15) is 6.04 Å². The van der Waals surface area contributed by atoms with Crippen LogP contribution in [-0.2, 0) is 4.79 Å². The van der Waals surface area contributed by atoms with Crippen LogP contribution in [0.4, 0.5) is 4.79 Å². The molecule has 0 aromatic heterocycles. The van der Waals surface area contributed by atoms with Crippen LogP contribution in [0.1, 0.15) is 13.8 Å². The van der Waals surface area contributed by atoms with E-state index in [-0.39, 0.29) is 23.9 Å². The molecule has 0 aliphatic carbocycles. The maximum absolute atomic E-state index is 11.5. The maximum atomic E-state index is 11.5. The molecule has 0 spiro atoms. The van der Waals surface area contributed by atoms with Crippen molar-refractivity contribution in [3.05, 3.63) is 0 Å². The third kappa shape index (κ3) is 2.23. The van der Waals surface area contributed by atoms with Crippen LogP contribution in [0.5, 0.6) is 0 Å². The predicted octanol–water partition coefficient (Wildman–Crippen LogP) is -0.218. The lowest BCUT2D eigenvalue weighted by Crippen LogP contribution is -2.37. The predicted molar refractivity (Wildman–Crippen MR) is 52.8 cm³/mol. The van der Waals surface area contributed by atoms with Crippen LogP contribution in [0, 0.1) is 5.92 Å². The molecular weight excluding hydrogens is 182 g/mol. The third-order valence-corrected chi connectivity index (χ3v) is 2.27. The summed E-state index contributed by atoms with van der Waals surface area (Å²) in [5.41, 5.74) is 0. The number of hydrogen-bond donors (Lipinski definition) is 2. The molecule has 3 amide bonds. The van der Waals surface area contributed by atoms with Gasteiger partial charge >= 0.3 is 6.03 Å². The Hall–Kier alpha value is -1.10. The molecule has 1 heterocycles. The molecule has 2 N–H and O–H groups in total. The number of nitrogens with one attached hydrogen (secondary N) is 2. The van der Waals surface area contributed by atoms with Crippen molar-refractivity contribution in [3.63, 3.8) is 0 Å². The van der Waals surface area contributed by atoms with Gasteiger partial charge in [-0.15, -0.1) is 0 Å². The third-order valence-electron chi connectivity index (χ3n) is 2.27. The van der Waals surface area contributed by atoms with Crippen molar-refractivity contribution in [2.75, 3.05) is 20.1 Å². The number of hydrogen-bond acceptors (Lipinski definition) is 3. The first kappa shape index (κ1) is 11.0. The number of urea groups is 1. The van der Waals surface area contributed by atoms with E-state index in [1.807, 2.05) is 14.0 Å². The second-order valence-electron chi connectivity index (χ2n) is 3.78. The van der Waals surface area contributed by atoms with E-state index in [1.165, 1.54) is 4.90 Å². The summed E-state index contributed by atoms with van der Waals surface area (Å²) in [6.45, 7) is 4.98. The highest BCUT2D eigenvalue weighted by molar-refractivity contribution is 6.03. The molecule has 1 aliphatic heterocycles. The lowest BCUT2D eigenvalue weighted by atomic mass is 10.1. The molecule has 0 bridgehead atoms. The number of amides is 3. The summed E-state index contributed by atoms with van der Waals surface area (Å²) in [5.74, 6) is 0.151. The summed E-state index contributed by atoms with van der Waals surface area (Å²) in [5, 5.41) is 5.59. The zero-order valence-corrected chi connectivity index (χ0v) is 8.83.